The Labute approximate surface area is 190 Å². The van der Waals surface area contributed by atoms with Gasteiger partial charge in [-0.1, -0.05) is 26.0 Å². The highest BCUT2D eigenvalue weighted by molar-refractivity contribution is 5.96. The standard InChI is InChI=1S/C25H33N3O4/c1-4-28(5-2)13-7-8-18(3)26-25(30)20-10-6-9-19(14-20)15-24(29)27-21-11-12-22-23(16-21)32-17-31-22/h6,9-12,14,16,18H,4-5,7-8,13,15,17H2,1-3H3,(H,26,30)(H,27,29). The van der Waals surface area contributed by atoms with Crippen LogP contribution in [0.2, 0.25) is 0 Å². The number of anilines is 1. The van der Waals surface area contributed by atoms with Crippen LogP contribution in [0.3, 0.4) is 0 Å². The third-order valence-corrected chi connectivity index (χ3v) is 5.59. The first-order valence-electron chi connectivity index (χ1n) is 11.3. The quantitative estimate of drug-likeness (QED) is 0.556. The number of hydrogen-bond acceptors (Lipinski definition) is 5. The summed E-state index contributed by atoms with van der Waals surface area (Å²) >= 11 is 0. The van der Waals surface area contributed by atoms with E-state index in [0.717, 1.165) is 38.0 Å². The van der Waals surface area contributed by atoms with Crippen LogP contribution in [0.4, 0.5) is 5.69 Å². The lowest BCUT2D eigenvalue weighted by atomic mass is 10.1. The molecule has 0 fully saturated rings. The minimum atomic E-state index is -0.161. The van der Waals surface area contributed by atoms with Crippen LogP contribution in [0, 0.1) is 0 Å². The maximum absolute atomic E-state index is 12.7. The molecule has 172 valence electrons. The molecule has 0 radical (unpaired) electrons. The van der Waals surface area contributed by atoms with E-state index in [4.69, 9.17) is 9.47 Å². The normalized spacial score (nSPS) is 13.1. The Morgan fingerprint density at radius 3 is 2.62 bits per heavy atom. The first kappa shape index (κ1) is 23.6. The van der Waals surface area contributed by atoms with E-state index in [9.17, 15) is 9.59 Å². The zero-order valence-electron chi connectivity index (χ0n) is 19.1. The van der Waals surface area contributed by atoms with Crippen molar-refractivity contribution >= 4 is 17.5 Å². The number of nitrogens with one attached hydrogen (secondary N) is 2. The molecule has 2 aromatic carbocycles. The lowest BCUT2D eigenvalue weighted by molar-refractivity contribution is -0.115. The molecule has 2 amide bonds. The van der Waals surface area contributed by atoms with Crippen molar-refractivity contribution < 1.29 is 19.1 Å². The molecule has 0 bridgehead atoms. The second kappa shape index (κ2) is 11.5. The molecular weight excluding hydrogens is 406 g/mol. The van der Waals surface area contributed by atoms with Gasteiger partial charge in [-0.25, -0.2) is 0 Å². The van der Waals surface area contributed by atoms with Gasteiger partial charge in [-0.2, -0.15) is 0 Å². The molecule has 3 rings (SSSR count). The maximum atomic E-state index is 12.7. The van der Waals surface area contributed by atoms with Crippen molar-refractivity contribution in [3.63, 3.8) is 0 Å². The molecule has 7 nitrogen and oxygen atoms in total. The third kappa shape index (κ3) is 6.72. The van der Waals surface area contributed by atoms with Crippen LogP contribution >= 0.6 is 0 Å². The van der Waals surface area contributed by atoms with Crippen molar-refractivity contribution in [2.75, 3.05) is 31.7 Å². The van der Waals surface area contributed by atoms with Crippen molar-refractivity contribution in [3.05, 3.63) is 53.6 Å². The van der Waals surface area contributed by atoms with Gasteiger partial charge in [0.1, 0.15) is 0 Å². The van der Waals surface area contributed by atoms with Crippen LogP contribution in [0.5, 0.6) is 11.5 Å². The van der Waals surface area contributed by atoms with Crippen molar-refractivity contribution in [1.29, 1.82) is 0 Å². The van der Waals surface area contributed by atoms with Crippen LogP contribution in [0.1, 0.15) is 49.5 Å². The molecule has 1 aliphatic heterocycles. The molecule has 0 aromatic heterocycles. The topological polar surface area (TPSA) is 79.9 Å². The highest BCUT2D eigenvalue weighted by atomic mass is 16.7. The number of nitrogens with zero attached hydrogens (tertiary/aromatic N) is 1. The first-order chi connectivity index (χ1) is 15.5. The largest absolute Gasteiger partial charge is 0.454 e. The van der Waals surface area contributed by atoms with Gasteiger partial charge in [0.05, 0.1) is 6.42 Å². The molecular formula is C25H33N3O4. The second-order valence-corrected chi connectivity index (χ2v) is 8.04. The number of hydrogen-bond donors (Lipinski definition) is 2. The predicted molar refractivity (Wildman–Crippen MR) is 125 cm³/mol. The number of ether oxygens (including phenoxy) is 2. The molecule has 7 heteroatoms. The Morgan fingerprint density at radius 1 is 1.06 bits per heavy atom. The monoisotopic (exact) mass is 439 g/mol. The van der Waals surface area contributed by atoms with Crippen LogP contribution in [-0.2, 0) is 11.2 Å². The number of carbonyl (C=O) groups excluding carboxylic acids is 2. The highest BCUT2D eigenvalue weighted by Gasteiger charge is 2.15. The van der Waals surface area contributed by atoms with Crippen LogP contribution in [-0.4, -0.2) is 49.2 Å². The van der Waals surface area contributed by atoms with Gasteiger partial charge in [0, 0.05) is 23.4 Å². The van der Waals surface area contributed by atoms with E-state index in [1.165, 1.54) is 0 Å². The fraction of sp³-hybridized carbons (Fsp3) is 0.440. The van der Waals surface area contributed by atoms with Crippen molar-refractivity contribution in [2.45, 2.75) is 46.1 Å². The molecule has 2 N–H and O–H groups in total. The summed E-state index contributed by atoms with van der Waals surface area (Å²) in [6, 6.07) is 12.6. The van der Waals surface area contributed by atoms with Crippen LogP contribution in [0.25, 0.3) is 0 Å². The number of rotatable bonds is 11. The molecule has 2 aromatic rings. The average Bonchev–Trinajstić information content (AvgIpc) is 3.24. The summed E-state index contributed by atoms with van der Waals surface area (Å²) in [6.07, 6.45) is 2.15. The van der Waals surface area contributed by atoms with Gasteiger partial charge in [-0.3, -0.25) is 9.59 Å². The molecule has 0 saturated heterocycles. The van der Waals surface area contributed by atoms with Gasteiger partial charge in [-0.15, -0.1) is 0 Å². The Hall–Kier alpha value is -3.06. The average molecular weight is 440 g/mol. The molecule has 1 aliphatic rings. The minimum Gasteiger partial charge on any atom is -0.454 e. The Morgan fingerprint density at radius 2 is 1.84 bits per heavy atom. The smallest absolute Gasteiger partial charge is 0.251 e. The zero-order valence-corrected chi connectivity index (χ0v) is 19.1. The summed E-state index contributed by atoms with van der Waals surface area (Å²) in [5, 5.41) is 5.93. The summed E-state index contributed by atoms with van der Waals surface area (Å²) in [5.74, 6) is 1.02. The van der Waals surface area contributed by atoms with Gasteiger partial charge in [0.15, 0.2) is 11.5 Å². The minimum absolute atomic E-state index is 0.0935. The number of benzene rings is 2. The van der Waals surface area contributed by atoms with Gasteiger partial charge >= 0.3 is 0 Å². The van der Waals surface area contributed by atoms with E-state index in [-0.39, 0.29) is 31.1 Å². The molecule has 1 atom stereocenters. The van der Waals surface area contributed by atoms with E-state index < -0.39 is 0 Å². The van der Waals surface area contributed by atoms with E-state index in [0.29, 0.717) is 22.7 Å². The van der Waals surface area contributed by atoms with Crippen molar-refractivity contribution in [1.82, 2.24) is 10.2 Å². The maximum Gasteiger partial charge on any atom is 0.251 e. The summed E-state index contributed by atoms with van der Waals surface area (Å²) in [7, 11) is 0. The molecule has 0 spiro atoms. The van der Waals surface area contributed by atoms with E-state index in [2.05, 4.69) is 29.4 Å². The summed E-state index contributed by atoms with van der Waals surface area (Å²) in [4.78, 5) is 27.5. The lowest BCUT2D eigenvalue weighted by Crippen LogP contribution is -2.33. The number of carbonyl (C=O) groups is 2. The Bertz CT molecular complexity index is 927. The SMILES string of the molecule is CCN(CC)CCCC(C)NC(=O)c1cccc(CC(=O)Nc2ccc3c(c2)OCO3)c1. The molecule has 0 saturated carbocycles. The first-order valence-corrected chi connectivity index (χ1v) is 11.3. The van der Waals surface area contributed by atoms with Crippen LogP contribution in [0.15, 0.2) is 42.5 Å². The summed E-state index contributed by atoms with van der Waals surface area (Å²) < 4.78 is 10.6. The highest BCUT2D eigenvalue weighted by Crippen LogP contribution is 2.34. The van der Waals surface area contributed by atoms with Crippen molar-refractivity contribution in [2.24, 2.45) is 0 Å². The second-order valence-electron chi connectivity index (χ2n) is 8.04. The van der Waals surface area contributed by atoms with Gasteiger partial charge in [0.2, 0.25) is 12.7 Å². The number of fused-ring (bicyclic) bond motifs is 1. The van der Waals surface area contributed by atoms with Gasteiger partial charge in [0.25, 0.3) is 5.91 Å². The van der Waals surface area contributed by atoms with Gasteiger partial charge < -0.3 is 25.0 Å². The Balaban J connectivity index is 1.49. The van der Waals surface area contributed by atoms with E-state index in [1.807, 2.05) is 19.1 Å². The summed E-state index contributed by atoms with van der Waals surface area (Å²) in [5.41, 5.74) is 1.99. The van der Waals surface area contributed by atoms with Crippen molar-refractivity contribution in [3.8, 4) is 11.5 Å². The van der Waals surface area contributed by atoms with E-state index in [1.54, 1.807) is 30.3 Å². The fourth-order valence-electron chi connectivity index (χ4n) is 3.73. The third-order valence-electron chi connectivity index (χ3n) is 5.59. The van der Waals surface area contributed by atoms with Crippen LogP contribution < -0.4 is 20.1 Å². The lowest BCUT2D eigenvalue weighted by Gasteiger charge is -2.20. The number of amides is 2. The summed E-state index contributed by atoms with van der Waals surface area (Å²) in [6.45, 7) is 9.69. The molecule has 1 heterocycles. The molecule has 0 aliphatic carbocycles. The van der Waals surface area contributed by atoms with E-state index >= 15 is 0 Å². The Kier molecular flexibility index (Phi) is 8.50. The molecule has 1 unspecified atom stereocenters. The molecule has 32 heavy (non-hydrogen) atoms. The fourth-order valence-corrected chi connectivity index (χ4v) is 3.73. The predicted octanol–water partition coefficient (Wildman–Crippen LogP) is 3.84. The zero-order chi connectivity index (χ0) is 22.9. The van der Waals surface area contributed by atoms with Gasteiger partial charge in [-0.05, 0) is 69.2 Å².